The van der Waals surface area contributed by atoms with Crippen LogP contribution in [-0.4, -0.2) is 6.71 Å². The van der Waals surface area contributed by atoms with E-state index in [0.29, 0.717) is 17.8 Å². The third-order valence-corrected chi connectivity index (χ3v) is 9.72. The topological polar surface area (TPSA) is 12.5 Å². The molecule has 0 saturated heterocycles. The van der Waals surface area contributed by atoms with Crippen molar-refractivity contribution in [2.24, 2.45) is 0 Å². The number of ether oxygens (including phenoxy) is 1. The molecule has 2 nitrogen and oxygen atoms in total. The van der Waals surface area contributed by atoms with Gasteiger partial charge in [0, 0.05) is 17.1 Å². The Morgan fingerprint density at radius 1 is 0.458 bits per heavy atom. The average molecular weight is 626 g/mol. The number of hydrogen-bond acceptors (Lipinski definition) is 2. The number of rotatable bonds is 8. The third kappa shape index (κ3) is 5.95. The van der Waals surface area contributed by atoms with Crippen LogP contribution in [0, 0.1) is 0 Å². The fourth-order valence-electron chi connectivity index (χ4n) is 7.20. The Labute approximate surface area is 287 Å². The van der Waals surface area contributed by atoms with Crippen LogP contribution in [0.25, 0.3) is 11.1 Å². The monoisotopic (exact) mass is 625 g/mol. The summed E-state index contributed by atoms with van der Waals surface area (Å²) >= 11 is 0. The molecule has 0 aromatic heterocycles. The minimum Gasteiger partial charge on any atom is -0.458 e. The lowest BCUT2D eigenvalue weighted by Crippen LogP contribution is -2.57. The van der Waals surface area contributed by atoms with Crippen LogP contribution in [0.2, 0.25) is 0 Å². The summed E-state index contributed by atoms with van der Waals surface area (Å²) < 4.78 is 6.62. The molecule has 0 fully saturated rings. The van der Waals surface area contributed by atoms with Gasteiger partial charge in [0.2, 0.25) is 0 Å². The molecule has 238 valence electrons. The van der Waals surface area contributed by atoms with Gasteiger partial charge in [0.15, 0.2) is 0 Å². The lowest BCUT2D eigenvalue weighted by molar-refractivity contribution is 0.487. The molecular weight excluding hydrogens is 581 g/mol. The molecule has 1 aliphatic heterocycles. The number of benzene rings is 6. The molecule has 0 amide bonds. The lowest BCUT2D eigenvalue weighted by atomic mass is 9.33. The van der Waals surface area contributed by atoms with Gasteiger partial charge in [-0.05, 0) is 105 Å². The summed E-state index contributed by atoms with van der Waals surface area (Å²) in [5.41, 5.74) is 14.0. The van der Waals surface area contributed by atoms with E-state index < -0.39 is 0 Å². The fraction of sp³-hybridized carbons (Fsp3) is 0.200. The Morgan fingerprint density at radius 2 is 0.958 bits per heavy atom. The van der Waals surface area contributed by atoms with Crippen LogP contribution in [-0.2, 0) is 0 Å². The molecular formula is C45H44BNO. The summed E-state index contributed by atoms with van der Waals surface area (Å²) in [6.45, 7) is 14.0. The first-order chi connectivity index (χ1) is 23.3. The van der Waals surface area contributed by atoms with Crippen LogP contribution in [0.4, 0.5) is 17.1 Å². The lowest BCUT2D eigenvalue weighted by Gasteiger charge is -2.32. The first kappa shape index (κ1) is 31.6. The van der Waals surface area contributed by atoms with E-state index in [2.05, 4.69) is 186 Å². The number of nitrogens with zero attached hydrogens (tertiary/aromatic N) is 1. The van der Waals surface area contributed by atoms with Gasteiger partial charge in [0.1, 0.15) is 11.5 Å². The number of para-hydroxylation sites is 3. The van der Waals surface area contributed by atoms with Crippen molar-refractivity contribution in [1.82, 2.24) is 0 Å². The van der Waals surface area contributed by atoms with E-state index in [1.54, 1.807) is 0 Å². The number of fused-ring (bicyclic) bond motifs is 2. The minimum absolute atomic E-state index is 0.0758. The maximum atomic E-state index is 6.62. The highest BCUT2D eigenvalue weighted by molar-refractivity contribution is 6.97. The van der Waals surface area contributed by atoms with Crippen LogP contribution in [0.1, 0.15) is 76.0 Å². The van der Waals surface area contributed by atoms with Crippen molar-refractivity contribution in [3.8, 4) is 22.6 Å². The first-order valence-electron chi connectivity index (χ1n) is 17.4. The molecule has 7 rings (SSSR count). The molecule has 0 aliphatic carbocycles. The Balaban J connectivity index is 1.36. The number of anilines is 3. The third-order valence-electron chi connectivity index (χ3n) is 9.72. The molecule has 1 heterocycles. The molecule has 0 saturated carbocycles. The molecule has 3 heteroatoms. The van der Waals surface area contributed by atoms with Crippen LogP contribution in [0.5, 0.6) is 11.5 Å². The number of hydrogen-bond donors (Lipinski definition) is 0. The van der Waals surface area contributed by atoms with Gasteiger partial charge in [0.25, 0.3) is 6.71 Å². The predicted octanol–water partition coefficient (Wildman–Crippen LogP) is 10.8. The second-order valence-electron chi connectivity index (χ2n) is 14.0. The van der Waals surface area contributed by atoms with Crippen molar-refractivity contribution in [2.75, 3.05) is 4.90 Å². The highest BCUT2D eigenvalue weighted by Crippen LogP contribution is 2.36. The SMILES string of the molecule is CC(C)c1cc(C(C)C)c(B2c3ccccc3Oc3ccc(-c4ccc(N(c5ccccc5)c5ccccc5)cc4)cc32)c(C(C)C)c1. The highest BCUT2D eigenvalue weighted by Gasteiger charge is 2.36. The Bertz CT molecular complexity index is 1960. The van der Waals surface area contributed by atoms with Crippen molar-refractivity contribution in [3.63, 3.8) is 0 Å². The zero-order chi connectivity index (χ0) is 33.4. The van der Waals surface area contributed by atoms with Crippen molar-refractivity contribution < 1.29 is 4.74 Å². The minimum atomic E-state index is 0.0758. The van der Waals surface area contributed by atoms with Gasteiger partial charge < -0.3 is 9.64 Å². The van der Waals surface area contributed by atoms with E-state index >= 15 is 0 Å². The van der Waals surface area contributed by atoms with Crippen LogP contribution in [0.3, 0.4) is 0 Å². The van der Waals surface area contributed by atoms with Gasteiger partial charge in [-0.25, -0.2) is 0 Å². The van der Waals surface area contributed by atoms with Crippen LogP contribution in [0.15, 0.2) is 140 Å². The standard InChI is InChI=1S/C45H44BNO/c1-30(2)35-27-39(31(3)4)45(40(28-35)32(5)6)46-41-19-13-14-20-43(41)48-44-26-23-34(29-42(44)46)33-21-24-38(25-22-33)47(36-15-9-7-10-16-36)37-17-11-8-12-18-37/h7-32H,1-6H3. The van der Waals surface area contributed by atoms with Gasteiger partial charge in [-0.3, -0.25) is 0 Å². The molecule has 48 heavy (non-hydrogen) atoms. The maximum absolute atomic E-state index is 6.62. The zero-order valence-corrected chi connectivity index (χ0v) is 28.9. The quantitative estimate of drug-likeness (QED) is 0.156. The van der Waals surface area contributed by atoms with Crippen molar-refractivity contribution in [3.05, 3.63) is 156 Å². The van der Waals surface area contributed by atoms with E-state index in [0.717, 1.165) is 28.6 Å². The normalized spacial score (nSPS) is 12.2. The molecule has 1 aliphatic rings. The molecule has 6 aromatic carbocycles. The van der Waals surface area contributed by atoms with Gasteiger partial charge in [-0.1, -0.05) is 138 Å². The molecule has 6 aromatic rings. The molecule has 0 N–H and O–H groups in total. The smallest absolute Gasteiger partial charge is 0.251 e. The average Bonchev–Trinajstić information content (AvgIpc) is 3.11. The van der Waals surface area contributed by atoms with Crippen molar-refractivity contribution in [1.29, 1.82) is 0 Å². The van der Waals surface area contributed by atoms with Gasteiger partial charge in [-0.15, -0.1) is 0 Å². The first-order valence-corrected chi connectivity index (χ1v) is 17.4. The summed E-state index contributed by atoms with van der Waals surface area (Å²) in [5.74, 6) is 3.14. The largest absolute Gasteiger partial charge is 0.458 e. The summed E-state index contributed by atoms with van der Waals surface area (Å²) in [6, 6.07) is 50.4. The van der Waals surface area contributed by atoms with E-state index in [1.807, 2.05) is 0 Å². The van der Waals surface area contributed by atoms with Gasteiger partial charge in [-0.2, -0.15) is 0 Å². The Morgan fingerprint density at radius 3 is 1.52 bits per heavy atom. The maximum Gasteiger partial charge on any atom is 0.251 e. The molecule has 0 radical (unpaired) electrons. The van der Waals surface area contributed by atoms with Crippen LogP contribution < -0.4 is 26.0 Å². The van der Waals surface area contributed by atoms with Crippen molar-refractivity contribution >= 4 is 40.2 Å². The molecule has 0 bridgehead atoms. The summed E-state index contributed by atoms with van der Waals surface area (Å²) in [6.07, 6.45) is 0. The van der Waals surface area contributed by atoms with Gasteiger partial charge in [0.05, 0.1) is 0 Å². The van der Waals surface area contributed by atoms with E-state index in [4.69, 9.17) is 4.74 Å². The second kappa shape index (κ2) is 13.2. The summed E-state index contributed by atoms with van der Waals surface area (Å²) in [7, 11) is 0. The van der Waals surface area contributed by atoms with Crippen LogP contribution >= 0.6 is 0 Å². The van der Waals surface area contributed by atoms with E-state index in [1.165, 1.54) is 44.2 Å². The highest BCUT2D eigenvalue weighted by atomic mass is 16.5. The summed E-state index contributed by atoms with van der Waals surface area (Å²) in [5, 5.41) is 0. The predicted molar refractivity (Wildman–Crippen MR) is 206 cm³/mol. The van der Waals surface area contributed by atoms with E-state index in [-0.39, 0.29) is 6.71 Å². The van der Waals surface area contributed by atoms with E-state index in [9.17, 15) is 0 Å². The zero-order valence-electron chi connectivity index (χ0n) is 28.9. The fourth-order valence-corrected chi connectivity index (χ4v) is 7.20. The Hall–Kier alpha value is -5.02. The molecule has 0 spiro atoms. The van der Waals surface area contributed by atoms with Gasteiger partial charge >= 0.3 is 0 Å². The Kier molecular flexibility index (Phi) is 8.71. The summed E-state index contributed by atoms with van der Waals surface area (Å²) in [4.78, 5) is 2.30. The molecule has 0 unspecified atom stereocenters. The van der Waals surface area contributed by atoms with Crippen molar-refractivity contribution in [2.45, 2.75) is 59.3 Å². The second-order valence-corrected chi connectivity index (χ2v) is 14.0. The molecule has 0 atom stereocenters.